The summed E-state index contributed by atoms with van der Waals surface area (Å²) in [6, 6.07) is 1.27. The van der Waals surface area contributed by atoms with E-state index in [9.17, 15) is 9.18 Å². The summed E-state index contributed by atoms with van der Waals surface area (Å²) in [5.74, 6) is -0.0612. The van der Waals surface area contributed by atoms with Gasteiger partial charge >= 0.3 is 0 Å². The molecule has 0 radical (unpaired) electrons. The molecule has 5 rings (SSSR count). The number of aromatic nitrogens is 5. The van der Waals surface area contributed by atoms with Crippen molar-refractivity contribution in [3.05, 3.63) is 47.9 Å². The molecule has 0 unspecified atom stereocenters. The van der Waals surface area contributed by atoms with Gasteiger partial charge in [-0.1, -0.05) is 0 Å². The fourth-order valence-corrected chi connectivity index (χ4v) is 3.94. The van der Waals surface area contributed by atoms with Gasteiger partial charge in [0.1, 0.15) is 11.3 Å². The Kier molecular flexibility index (Phi) is 4.78. The number of nitrogens with one attached hydrogen (secondary N) is 2. The lowest BCUT2D eigenvalue weighted by Gasteiger charge is -2.28. The summed E-state index contributed by atoms with van der Waals surface area (Å²) in [6.45, 7) is 7.91. The zero-order valence-corrected chi connectivity index (χ0v) is 17.4. The van der Waals surface area contributed by atoms with E-state index in [-0.39, 0.29) is 11.6 Å². The highest BCUT2D eigenvalue weighted by atomic mass is 19.1. The van der Waals surface area contributed by atoms with Gasteiger partial charge in [0.25, 0.3) is 5.91 Å². The molecule has 1 saturated heterocycles. The maximum absolute atomic E-state index is 14.4. The van der Waals surface area contributed by atoms with Crippen molar-refractivity contribution in [1.29, 1.82) is 0 Å². The van der Waals surface area contributed by atoms with Crippen LogP contribution in [0.2, 0.25) is 0 Å². The van der Waals surface area contributed by atoms with Crippen LogP contribution < -0.4 is 15.5 Å². The van der Waals surface area contributed by atoms with Gasteiger partial charge in [-0.3, -0.25) is 9.48 Å². The number of anilines is 2. The molecule has 0 aliphatic carbocycles. The summed E-state index contributed by atoms with van der Waals surface area (Å²) in [7, 11) is 0. The van der Waals surface area contributed by atoms with Crippen LogP contribution in [0.4, 0.5) is 15.9 Å². The highest BCUT2D eigenvalue weighted by Gasteiger charge is 2.22. The van der Waals surface area contributed by atoms with Crippen molar-refractivity contribution in [2.24, 2.45) is 0 Å². The molecular formula is C21H23FN8O. The summed E-state index contributed by atoms with van der Waals surface area (Å²) in [5, 5.41) is 11.6. The van der Waals surface area contributed by atoms with E-state index in [2.05, 4.69) is 30.6 Å². The van der Waals surface area contributed by atoms with Crippen molar-refractivity contribution in [3.63, 3.8) is 0 Å². The van der Waals surface area contributed by atoms with Crippen molar-refractivity contribution < 1.29 is 9.18 Å². The maximum atomic E-state index is 14.4. The molecule has 0 atom stereocenters. The Labute approximate surface area is 177 Å². The topological polar surface area (TPSA) is 92.4 Å². The largest absolute Gasteiger partial charge is 0.353 e. The van der Waals surface area contributed by atoms with E-state index in [0.29, 0.717) is 29.0 Å². The van der Waals surface area contributed by atoms with Gasteiger partial charge in [0.15, 0.2) is 11.5 Å². The number of amides is 1. The molecule has 10 heteroatoms. The molecule has 160 valence electrons. The van der Waals surface area contributed by atoms with E-state index in [0.717, 1.165) is 37.4 Å². The van der Waals surface area contributed by atoms with Gasteiger partial charge in [-0.2, -0.15) is 5.10 Å². The normalized spacial score (nSPS) is 14.5. The van der Waals surface area contributed by atoms with E-state index in [1.165, 1.54) is 6.07 Å². The molecule has 4 aromatic rings. The smallest absolute Gasteiger partial charge is 0.259 e. The molecule has 2 N–H and O–H groups in total. The molecule has 1 aliphatic rings. The molecule has 0 aromatic carbocycles. The Balaban J connectivity index is 1.52. The molecule has 9 nitrogen and oxygen atoms in total. The first-order valence-electron chi connectivity index (χ1n) is 10.3. The number of fused-ring (bicyclic) bond motifs is 2. The average Bonchev–Trinajstić information content (AvgIpc) is 3.37. The number of pyridine rings is 2. The summed E-state index contributed by atoms with van der Waals surface area (Å²) in [5.41, 5.74) is 2.19. The minimum absolute atomic E-state index is 0.224. The molecule has 1 amide bonds. The highest BCUT2D eigenvalue weighted by molar-refractivity contribution is 6.13. The second-order valence-electron chi connectivity index (χ2n) is 7.62. The second kappa shape index (κ2) is 7.62. The van der Waals surface area contributed by atoms with Gasteiger partial charge in [-0.25, -0.2) is 14.4 Å². The summed E-state index contributed by atoms with van der Waals surface area (Å²) >= 11 is 0. The average molecular weight is 422 g/mol. The monoisotopic (exact) mass is 422 g/mol. The predicted molar refractivity (Wildman–Crippen MR) is 116 cm³/mol. The third-order valence-electron chi connectivity index (χ3n) is 5.44. The number of nitrogens with zero attached hydrogens (tertiary/aromatic N) is 6. The van der Waals surface area contributed by atoms with Gasteiger partial charge in [0, 0.05) is 63.6 Å². The molecule has 0 saturated carbocycles. The van der Waals surface area contributed by atoms with Crippen LogP contribution in [0.15, 0.2) is 30.9 Å². The number of halogens is 1. The van der Waals surface area contributed by atoms with Crippen molar-refractivity contribution in [2.75, 3.05) is 36.4 Å². The minimum atomic E-state index is -0.501. The lowest BCUT2D eigenvalue weighted by Crippen LogP contribution is -2.44. The number of carbonyl (C=O) groups is 1. The van der Waals surface area contributed by atoms with Crippen molar-refractivity contribution >= 4 is 34.0 Å². The Hall–Kier alpha value is -3.53. The van der Waals surface area contributed by atoms with Crippen molar-refractivity contribution in [2.45, 2.75) is 20.4 Å². The standard InChI is InChI=1S/C21H23FN8O/c1-3-30-12-16-18(27-30)15(9-24-19(16)28-6-4-23-5-7-28)21(31)26-14-8-17(22)20-25-13(2)10-29(20)11-14/h8-12,23H,3-7H2,1-2H3,(H,26,31). The maximum Gasteiger partial charge on any atom is 0.259 e. The van der Waals surface area contributed by atoms with Gasteiger partial charge in [-0.05, 0) is 13.8 Å². The number of imidazole rings is 1. The quantitative estimate of drug-likeness (QED) is 0.524. The Morgan fingerprint density at radius 1 is 1.26 bits per heavy atom. The third-order valence-corrected chi connectivity index (χ3v) is 5.44. The summed E-state index contributed by atoms with van der Waals surface area (Å²) < 4.78 is 17.8. The highest BCUT2D eigenvalue weighted by Crippen LogP contribution is 2.27. The molecule has 1 fully saturated rings. The first-order chi connectivity index (χ1) is 15.0. The van der Waals surface area contributed by atoms with Gasteiger partial charge in [-0.15, -0.1) is 0 Å². The fraction of sp³-hybridized carbons (Fsp3) is 0.333. The van der Waals surface area contributed by atoms with Crippen LogP contribution in [0, 0.1) is 12.7 Å². The van der Waals surface area contributed by atoms with E-state index in [4.69, 9.17) is 0 Å². The molecule has 31 heavy (non-hydrogen) atoms. The zero-order chi connectivity index (χ0) is 21.5. The number of hydrogen-bond donors (Lipinski definition) is 2. The fourth-order valence-electron chi connectivity index (χ4n) is 3.94. The molecule has 5 heterocycles. The lowest BCUT2D eigenvalue weighted by atomic mass is 10.1. The van der Waals surface area contributed by atoms with Crippen LogP contribution in [0.3, 0.4) is 0 Å². The number of carbonyl (C=O) groups excluding carboxylic acids is 1. The lowest BCUT2D eigenvalue weighted by molar-refractivity contribution is 0.102. The number of rotatable bonds is 4. The minimum Gasteiger partial charge on any atom is -0.353 e. The van der Waals surface area contributed by atoms with Crippen LogP contribution in [-0.2, 0) is 6.54 Å². The van der Waals surface area contributed by atoms with Crippen molar-refractivity contribution in [1.82, 2.24) is 29.5 Å². The zero-order valence-electron chi connectivity index (χ0n) is 17.4. The van der Waals surface area contributed by atoms with E-state index < -0.39 is 5.82 Å². The first kappa shape index (κ1) is 19.4. The Bertz CT molecular complexity index is 1290. The number of hydrogen-bond acceptors (Lipinski definition) is 6. The van der Waals surface area contributed by atoms with Gasteiger partial charge in [0.05, 0.1) is 22.3 Å². The van der Waals surface area contributed by atoms with Crippen LogP contribution in [0.25, 0.3) is 16.6 Å². The third kappa shape index (κ3) is 3.48. The Morgan fingerprint density at radius 3 is 2.84 bits per heavy atom. The summed E-state index contributed by atoms with van der Waals surface area (Å²) in [6.07, 6.45) is 6.83. The van der Waals surface area contributed by atoms with Gasteiger partial charge < -0.3 is 19.9 Å². The van der Waals surface area contributed by atoms with Crippen LogP contribution in [0.5, 0.6) is 0 Å². The molecule has 0 bridgehead atoms. The SMILES string of the molecule is CCn1cc2c(N3CCNCC3)ncc(C(=O)Nc3cc(F)c4nc(C)cn4c3)c2n1. The van der Waals surface area contributed by atoms with E-state index in [1.54, 1.807) is 34.6 Å². The van der Waals surface area contributed by atoms with Crippen molar-refractivity contribution in [3.8, 4) is 0 Å². The molecule has 0 spiro atoms. The van der Waals surface area contributed by atoms with Crippen LogP contribution in [0.1, 0.15) is 23.0 Å². The van der Waals surface area contributed by atoms with Gasteiger partial charge in [0.2, 0.25) is 0 Å². The predicted octanol–water partition coefficient (Wildman–Crippen LogP) is 2.21. The Morgan fingerprint density at radius 2 is 2.06 bits per heavy atom. The first-order valence-corrected chi connectivity index (χ1v) is 10.3. The number of piperazine rings is 1. The van der Waals surface area contributed by atoms with E-state index >= 15 is 0 Å². The molecule has 4 aromatic heterocycles. The summed E-state index contributed by atoms with van der Waals surface area (Å²) in [4.78, 5) is 24.0. The molecular weight excluding hydrogens is 399 g/mol. The van der Waals surface area contributed by atoms with E-state index in [1.807, 2.05) is 13.1 Å². The molecule has 1 aliphatic heterocycles. The van der Waals surface area contributed by atoms with Crippen LogP contribution in [-0.4, -0.2) is 56.2 Å². The second-order valence-corrected chi connectivity index (χ2v) is 7.62. The number of aryl methyl sites for hydroxylation is 2. The van der Waals surface area contributed by atoms with Crippen LogP contribution >= 0.6 is 0 Å².